The Morgan fingerprint density at radius 1 is 1.47 bits per heavy atom. The third kappa shape index (κ3) is 4.13. The second kappa shape index (κ2) is 6.17. The molecule has 1 aliphatic carbocycles. The minimum Gasteiger partial charge on any atom is -0.381 e. The number of nitrogens with one attached hydrogen (secondary N) is 1. The maximum absolute atomic E-state index is 5.90. The molecule has 94 valence electrons. The maximum atomic E-state index is 5.90. The first-order valence-electron chi connectivity index (χ1n) is 6.06. The fraction of sp³-hybridized carbons (Fsp3) is 0.667. The average molecular weight is 256 g/mol. The molecule has 0 bridgehead atoms. The van der Waals surface area contributed by atoms with Crippen LogP contribution in [0.1, 0.15) is 24.8 Å². The van der Waals surface area contributed by atoms with Crippen LogP contribution in [0.2, 0.25) is 5.15 Å². The lowest BCUT2D eigenvalue weighted by molar-refractivity contribution is 0.124. The van der Waals surface area contributed by atoms with Gasteiger partial charge < -0.3 is 10.1 Å². The van der Waals surface area contributed by atoms with Crippen LogP contribution in [0.25, 0.3) is 0 Å². The Balaban J connectivity index is 1.61. The van der Waals surface area contributed by atoms with E-state index in [9.17, 15) is 0 Å². The molecule has 4 nitrogen and oxygen atoms in total. The number of hydrogen-bond donors (Lipinski definition) is 1. The normalized spacial score (nSPS) is 14.9. The number of ether oxygens (including phenoxy) is 1. The van der Waals surface area contributed by atoms with Crippen molar-refractivity contribution in [2.45, 2.75) is 26.2 Å². The zero-order valence-corrected chi connectivity index (χ0v) is 10.8. The van der Waals surface area contributed by atoms with Crippen molar-refractivity contribution in [1.29, 1.82) is 0 Å². The van der Waals surface area contributed by atoms with Gasteiger partial charge in [0.25, 0.3) is 0 Å². The fourth-order valence-electron chi connectivity index (χ4n) is 1.52. The topological polar surface area (TPSA) is 47.0 Å². The van der Waals surface area contributed by atoms with Crippen LogP contribution in [0, 0.1) is 12.8 Å². The molecule has 5 heteroatoms. The molecule has 1 aromatic heterocycles. The van der Waals surface area contributed by atoms with E-state index >= 15 is 0 Å². The van der Waals surface area contributed by atoms with Gasteiger partial charge in [-0.1, -0.05) is 11.6 Å². The maximum Gasteiger partial charge on any atom is 0.137 e. The van der Waals surface area contributed by atoms with Crippen LogP contribution in [-0.4, -0.2) is 29.7 Å². The van der Waals surface area contributed by atoms with Crippen molar-refractivity contribution in [3.63, 3.8) is 0 Å². The van der Waals surface area contributed by atoms with Crippen molar-refractivity contribution in [2.24, 2.45) is 5.92 Å². The van der Waals surface area contributed by atoms with Crippen molar-refractivity contribution in [1.82, 2.24) is 9.97 Å². The fourth-order valence-corrected chi connectivity index (χ4v) is 1.66. The number of rotatable bonds is 7. The van der Waals surface area contributed by atoms with E-state index in [2.05, 4.69) is 15.3 Å². The Labute approximate surface area is 107 Å². The predicted octanol–water partition coefficient (Wildman–Crippen LogP) is 2.67. The van der Waals surface area contributed by atoms with E-state index in [1.54, 1.807) is 0 Å². The highest BCUT2D eigenvalue weighted by atomic mass is 35.5. The Hall–Kier alpha value is -0.870. The van der Waals surface area contributed by atoms with E-state index < -0.39 is 0 Å². The van der Waals surface area contributed by atoms with Gasteiger partial charge in [0, 0.05) is 25.3 Å². The molecule has 1 saturated carbocycles. The molecule has 1 N–H and O–H groups in total. The molecule has 0 radical (unpaired) electrons. The van der Waals surface area contributed by atoms with E-state index in [1.165, 1.54) is 19.2 Å². The number of halogens is 1. The van der Waals surface area contributed by atoms with E-state index in [-0.39, 0.29) is 0 Å². The summed E-state index contributed by atoms with van der Waals surface area (Å²) in [7, 11) is 0. The molecule has 0 spiro atoms. The molecule has 1 heterocycles. The molecule has 0 atom stereocenters. The van der Waals surface area contributed by atoms with Gasteiger partial charge in [0.15, 0.2) is 0 Å². The highest BCUT2D eigenvalue weighted by Gasteiger charge is 2.20. The average Bonchev–Trinajstić information content (AvgIpc) is 3.12. The van der Waals surface area contributed by atoms with E-state index in [0.717, 1.165) is 43.5 Å². The van der Waals surface area contributed by atoms with E-state index in [0.29, 0.717) is 5.15 Å². The van der Waals surface area contributed by atoms with Crippen molar-refractivity contribution in [3.8, 4) is 0 Å². The quantitative estimate of drug-likeness (QED) is 0.601. The highest BCUT2D eigenvalue weighted by Crippen LogP contribution is 2.28. The third-order valence-corrected chi connectivity index (χ3v) is 3.21. The minimum atomic E-state index is 0.507. The summed E-state index contributed by atoms with van der Waals surface area (Å²) in [5, 5.41) is 3.75. The number of anilines is 1. The van der Waals surface area contributed by atoms with Crippen molar-refractivity contribution in [2.75, 3.05) is 25.1 Å². The molecule has 0 unspecified atom stereocenters. The molecular formula is C12H18ClN3O. The molecule has 1 fully saturated rings. The smallest absolute Gasteiger partial charge is 0.137 e. The standard InChI is InChI=1S/C12H18ClN3O/c1-9-11(13)15-8-16-12(9)14-5-2-6-17-7-10-3-4-10/h8,10H,2-7H2,1H3,(H,14,15,16). The van der Waals surface area contributed by atoms with Gasteiger partial charge in [-0.3, -0.25) is 0 Å². The Bertz CT molecular complexity index is 369. The number of hydrogen-bond acceptors (Lipinski definition) is 4. The summed E-state index contributed by atoms with van der Waals surface area (Å²) >= 11 is 5.90. The summed E-state index contributed by atoms with van der Waals surface area (Å²) in [6.07, 6.45) is 5.14. The van der Waals surface area contributed by atoms with Crippen molar-refractivity contribution >= 4 is 17.4 Å². The van der Waals surface area contributed by atoms with Crippen molar-refractivity contribution in [3.05, 3.63) is 17.0 Å². The van der Waals surface area contributed by atoms with Gasteiger partial charge >= 0.3 is 0 Å². The van der Waals surface area contributed by atoms with E-state index in [4.69, 9.17) is 16.3 Å². The van der Waals surface area contributed by atoms with Crippen LogP contribution in [-0.2, 0) is 4.74 Å². The Morgan fingerprint density at radius 3 is 3.06 bits per heavy atom. The second-order valence-electron chi connectivity index (χ2n) is 4.44. The zero-order chi connectivity index (χ0) is 12.1. The van der Waals surface area contributed by atoms with Crippen LogP contribution in [0.3, 0.4) is 0 Å². The van der Waals surface area contributed by atoms with Crippen LogP contribution in [0.4, 0.5) is 5.82 Å². The van der Waals surface area contributed by atoms with Crippen LogP contribution < -0.4 is 5.32 Å². The van der Waals surface area contributed by atoms with Gasteiger partial charge in [0.1, 0.15) is 17.3 Å². The first kappa shape index (κ1) is 12.6. The molecule has 0 aromatic carbocycles. The molecule has 17 heavy (non-hydrogen) atoms. The summed E-state index contributed by atoms with van der Waals surface area (Å²) in [5.41, 5.74) is 0.896. The largest absolute Gasteiger partial charge is 0.381 e. The highest BCUT2D eigenvalue weighted by molar-refractivity contribution is 6.30. The van der Waals surface area contributed by atoms with Crippen LogP contribution in [0.5, 0.6) is 0 Å². The predicted molar refractivity (Wildman–Crippen MR) is 68.4 cm³/mol. The van der Waals surface area contributed by atoms with Gasteiger partial charge in [-0.15, -0.1) is 0 Å². The SMILES string of the molecule is Cc1c(Cl)ncnc1NCCCOCC1CC1. The number of aromatic nitrogens is 2. The van der Waals surface area contributed by atoms with Gasteiger partial charge in [0.05, 0.1) is 0 Å². The first-order valence-corrected chi connectivity index (χ1v) is 6.44. The summed E-state index contributed by atoms with van der Waals surface area (Å²) < 4.78 is 5.55. The first-order chi connectivity index (χ1) is 8.27. The van der Waals surface area contributed by atoms with Crippen LogP contribution >= 0.6 is 11.6 Å². The monoisotopic (exact) mass is 255 g/mol. The molecule has 0 aliphatic heterocycles. The third-order valence-electron chi connectivity index (χ3n) is 2.83. The lowest BCUT2D eigenvalue weighted by Gasteiger charge is -2.08. The summed E-state index contributed by atoms with van der Waals surface area (Å²) in [6, 6.07) is 0. The minimum absolute atomic E-state index is 0.507. The lowest BCUT2D eigenvalue weighted by atomic mass is 10.3. The molecular weight excluding hydrogens is 238 g/mol. The summed E-state index contributed by atoms with van der Waals surface area (Å²) in [5.74, 6) is 1.65. The van der Waals surface area contributed by atoms with Crippen LogP contribution in [0.15, 0.2) is 6.33 Å². The number of nitrogens with zero attached hydrogens (tertiary/aromatic N) is 2. The van der Waals surface area contributed by atoms with Gasteiger partial charge in [-0.05, 0) is 32.1 Å². The van der Waals surface area contributed by atoms with Crippen molar-refractivity contribution < 1.29 is 4.74 Å². The zero-order valence-electron chi connectivity index (χ0n) is 10.1. The summed E-state index contributed by atoms with van der Waals surface area (Å²) in [4.78, 5) is 8.06. The molecule has 1 aromatic rings. The Morgan fingerprint density at radius 2 is 2.29 bits per heavy atom. The molecule has 0 amide bonds. The van der Waals surface area contributed by atoms with Gasteiger partial charge in [0.2, 0.25) is 0 Å². The molecule has 2 rings (SSSR count). The molecule has 1 aliphatic rings. The summed E-state index contributed by atoms with van der Waals surface area (Å²) in [6.45, 7) is 4.49. The Kier molecular flexibility index (Phi) is 4.57. The van der Waals surface area contributed by atoms with Gasteiger partial charge in [-0.25, -0.2) is 9.97 Å². The van der Waals surface area contributed by atoms with Gasteiger partial charge in [-0.2, -0.15) is 0 Å². The second-order valence-corrected chi connectivity index (χ2v) is 4.79. The van der Waals surface area contributed by atoms with E-state index in [1.807, 2.05) is 6.92 Å². The molecule has 0 saturated heterocycles. The lowest BCUT2D eigenvalue weighted by Crippen LogP contribution is -2.09.